The van der Waals surface area contributed by atoms with Gasteiger partial charge in [-0.2, -0.15) is 9.50 Å². The van der Waals surface area contributed by atoms with Crippen LogP contribution in [0.3, 0.4) is 0 Å². The summed E-state index contributed by atoms with van der Waals surface area (Å²) < 4.78 is 19.2. The first-order valence-electron chi connectivity index (χ1n) is 12.2. The van der Waals surface area contributed by atoms with Crippen LogP contribution in [0.25, 0.3) is 22.4 Å². The molecule has 4 aromatic rings. The number of fused-ring (bicyclic) bond motifs is 1. The van der Waals surface area contributed by atoms with Crippen molar-refractivity contribution in [1.29, 1.82) is 0 Å². The zero-order valence-corrected chi connectivity index (χ0v) is 21.3. The fourth-order valence-electron chi connectivity index (χ4n) is 3.56. The molecule has 2 aromatic heterocycles. The van der Waals surface area contributed by atoms with E-state index in [1.54, 1.807) is 0 Å². The lowest BCUT2D eigenvalue weighted by molar-refractivity contribution is 0.277. The van der Waals surface area contributed by atoms with Crippen molar-refractivity contribution in [3.05, 3.63) is 62.9 Å². The monoisotopic (exact) mass is 493 g/mol. The van der Waals surface area contributed by atoms with Crippen LogP contribution in [0, 0.1) is 0 Å². The molecule has 35 heavy (non-hydrogen) atoms. The van der Waals surface area contributed by atoms with E-state index in [1.807, 2.05) is 55.5 Å². The second kappa shape index (κ2) is 11.8. The minimum absolute atomic E-state index is 0.191. The first kappa shape index (κ1) is 24.7. The summed E-state index contributed by atoms with van der Waals surface area (Å²) in [6, 6.07) is 13.4. The molecule has 0 spiro atoms. The van der Waals surface area contributed by atoms with Gasteiger partial charge in [0.25, 0.3) is 5.56 Å². The minimum atomic E-state index is -0.191. The van der Waals surface area contributed by atoms with Crippen molar-refractivity contribution in [2.24, 2.45) is 0 Å². The predicted octanol–water partition coefficient (Wildman–Crippen LogP) is 5.12. The van der Waals surface area contributed by atoms with Gasteiger partial charge in [-0.1, -0.05) is 44.1 Å². The standard InChI is InChI=1S/C27H31N3O4S/c1-4-7-8-16-33-21-12-10-20(11-13-21)25-28-27-30(29-25)26(31)24(35-27)18-19-9-14-22(34-15-5-2)23(17-19)32-6-3/h9-14,17-18H,4-8,15-16H2,1-3H3. The molecule has 0 aliphatic heterocycles. The molecular weight excluding hydrogens is 462 g/mol. The number of nitrogens with zero attached hydrogens (tertiary/aromatic N) is 3. The number of thiazole rings is 1. The third kappa shape index (κ3) is 6.00. The fourth-order valence-corrected chi connectivity index (χ4v) is 4.47. The van der Waals surface area contributed by atoms with E-state index in [4.69, 9.17) is 14.2 Å². The maximum absolute atomic E-state index is 13.0. The van der Waals surface area contributed by atoms with Crippen LogP contribution in [-0.2, 0) is 0 Å². The lowest BCUT2D eigenvalue weighted by atomic mass is 10.2. The Balaban J connectivity index is 1.55. The highest BCUT2D eigenvalue weighted by Gasteiger charge is 2.13. The van der Waals surface area contributed by atoms with Crippen LogP contribution in [0.15, 0.2) is 47.3 Å². The van der Waals surface area contributed by atoms with Gasteiger partial charge in [-0.25, -0.2) is 0 Å². The number of hydrogen-bond acceptors (Lipinski definition) is 7. The zero-order valence-electron chi connectivity index (χ0n) is 20.5. The molecule has 184 valence electrons. The van der Waals surface area contributed by atoms with Gasteiger partial charge >= 0.3 is 0 Å². The average molecular weight is 494 g/mol. The molecule has 0 saturated heterocycles. The Hall–Kier alpha value is -3.39. The van der Waals surface area contributed by atoms with Crippen molar-refractivity contribution in [2.75, 3.05) is 19.8 Å². The van der Waals surface area contributed by atoms with Crippen LogP contribution in [0.1, 0.15) is 52.0 Å². The largest absolute Gasteiger partial charge is 0.494 e. The van der Waals surface area contributed by atoms with Gasteiger partial charge in [0, 0.05) is 5.56 Å². The number of aromatic nitrogens is 3. The highest BCUT2D eigenvalue weighted by atomic mass is 32.1. The summed E-state index contributed by atoms with van der Waals surface area (Å²) in [6.07, 6.45) is 6.13. The van der Waals surface area contributed by atoms with Gasteiger partial charge < -0.3 is 14.2 Å². The van der Waals surface area contributed by atoms with Gasteiger partial charge in [0.1, 0.15) is 5.75 Å². The topological polar surface area (TPSA) is 75.0 Å². The second-order valence-corrected chi connectivity index (χ2v) is 9.12. The van der Waals surface area contributed by atoms with Crippen LogP contribution in [0.2, 0.25) is 0 Å². The molecule has 0 aliphatic carbocycles. The molecule has 7 nitrogen and oxygen atoms in total. The Morgan fingerprint density at radius 3 is 2.46 bits per heavy atom. The summed E-state index contributed by atoms with van der Waals surface area (Å²) in [5, 5.41) is 4.45. The Kier molecular flexibility index (Phi) is 8.36. The highest BCUT2D eigenvalue weighted by molar-refractivity contribution is 7.15. The van der Waals surface area contributed by atoms with E-state index in [9.17, 15) is 4.79 Å². The number of unbranched alkanes of at least 4 members (excludes halogenated alkanes) is 2. The Morgan fingerprint density at radius 1 is 0.914 bits per heavy atom. The highest BCUT2D eigenvalue weighted by Crippen LogP contribution is 2.29. The molecule has 0 amide bonds. The number of benzene rings is 2. The Bertz CT molecular complexity index is 1360. The first-order valence-corrected chi connectivity index (χ1v) is 13.0. The molecule has 4 rings (SSSR count). The third-order valence-electron chi connectivity index (χ3n) is 5.34. The van der Waals surface area contributed by atoms with E-state index in [2.05, 4.69) is 23.9 Å². The second-order valence-electron chi connectivity index (χ2n) is 8.11. The van der Waals surface area contributed by atoms with Gasteiger partial charge in [-0.15, -0.1) is 5.10 Å². The van der Waals surface area contributed by atoms with Crippen LogP contribution in [0.4, 0.5) is 0 Å². The SMILES string of the molecule is CCCCCOc1ccc(-c2nc3sc(=Cc4ccc(OCCC)c(OCC)c4)c(=O)n3n2)cc1. The van der Waals surface area contributed by atoms with E-state index in [0.717, 1.165) is 36.1 Å². The number of hydrogen-bond donors (Lipinski definition) is 0. The molecule has 0 saturated carbocycles. The van der Waals surface area contributed by atoms with E-state index >= 15 is 0 Å². The van der Waals surface area contributed by atoms with Crippen molar-refractivity contribution in [2.45, 2.75) is 46.5 Å². The summed E-state index contributed by atoms with van der Waals surface area (Å²) in [5.41, 5.74) is 1.51. The molecule has 0 bridgehead atoms. The van der Waals surface area contributed by atoms with E-state index in [1.165, 1.54) is 22.3 Å². The van der Waals surface area contributed by atoms with Crippen molar-refractivity contribution >= 4 is 22.4 Å². The molecule has 0 N–H and O–H groups in total. The van der Waals surface area contributed by atoms with Crippen molar-refractivity contribution < 1.29 is 14.2 Å². The lowest BCUT2D eigenvalue weighted by Gasteiger charge is -2.11. The summed E-state index contributed by atoms with van der Waals surface area (Å²) >= 11 is 1.31. The van der Waals surface area contributed by atoms with Gasteiger partial charge in [0.2, 0.25) is 4.96 Å². The number of rotatable bonds is 12. The van der Waals surface area contributed by atoms with Gasteiger partial charge in [-0.05, 0) is 67.8 Å². The van der Waals surface area contributed by atoms with E-state index in [0.29, 0.717) is 46.6 Å². The Labute approximate surface area is 209 Å². The van der Waals surface area contributed by atoms with E-state index in [-0.39, 0.29) is 5.56 Å². The van der Waals surface area contributed by atoms with Crippen molar-refractivity contribution in [1.82, 2.24) is 14.6 Å². The number of ether oxygens (including phenoxy) is 3. The van der Waals surface area contributed by atoms with Crippen molar-refractivity contribution in [3.63, 3.8) is 0 Å². The zero-order chi connectivity index (χ0) is 24.6. The van der Waals surface area contributed by atoms with Crippen LogP contribution >= 0.6 is 11.3 Å². The van der Waals surface area contributed by atoms with Gasteiger partial charge in [-0.3, -0.25) is 4.79 Å². The van der Waals surface area contributed by atoms with Crippen molar-refractivity contribution in [3.8, 4) is 28.6 Å². The molecule has 2 aromatic carbocycles. The summed E-state index contributed by atoms with van der Waals surface area (Å²) in [4.78, 5) is 18.1. The molecular formula is C27H31N3O4S. The normalized spacial score (nSPS) is 11.8. The lowest BCUT2D eigenvalue weighted by Crippen LogP contribution is -2.23. The predicted molar refractivity (Wildman–Crippen MR) is 140 cm³/mol. The van der Waals surface area contributed by atoms with E-state index < -0.39 is 0 Å². The minimum Gasteiger partial charge on any atom is -0.494 e. The maximum Gasteiger partial charge on any atom is 0.291 e. The van der Waals surface area contributed by atoms with Crippen LogP contribution in [-0.4, -0.2) is 34.4 Å². The molecule has 0 fully saturated rings. The molecule has 0 aliphatic rings. The average Bonchev–Trinajstić information content (AvgIpc) is 3.41. The molecule has 0 radical (unpaired) electrons. The molecule has 8 heteroatoms. The third-order valence-corrected chi connectivity index (χ3v) is 6.30. The Morgan fingerprint density at radius 2 is 1.74 bits per heavy atom. The quantitative estimate of drug-likeness (QED) is 0.255. The van der Waals surface area contributed by atoms with Crippen LogP contribution in [0.5, 0.6) is 17.2 Å². The molecule has 2 heterocycles. The fraction of sp³-hybridized carbons (Fsp3) is 0.370. The summed E-state index contributed by atoms with van der Waals surface area (Å²) in [7, 11) is 0. The molecule has 0 unspecified atom stereocenters. The smallest absolute Gasteiger partial charge is 0.291 e. The first-order chi connectivity index (χ1) is 17.1. The summed E-state index contributed by atoms with van der Waals surface area (Å²) in [5.74, 6) is 2.72. The maximum atomic E-state index is 13.0. The van der Waals surface area contributed by atoms with Gasteiger partial charge in [0.15, 0.2) is 17.3 Å². The molecule has 0 atom stereocenters. The van der Waals surface area contributed by atoms with Gasteiger partial charge in [0.05, 0.1) is 24.4 Å². The summed E-state index contributed by atoms with van der Waals surface area (Å²) in [6.45, 7) is 8.03. The van der Waals surface area contributed by atoms with Crippen LogP contribution < -0.4 is 24.3 Å².